The Morgan fingerprint density at radius 3 is 2.50 bits per heavy atom. The standard InChI is InChI=1S/C5H5NO.W/c7-6-4-2-1-3-5-6;/h1-2,4-5,7H;. The minimum Gasteiger partial charge on any atom is -0.288 e. The molecule has 1 aromatic rings. The van der Waals surface area contributed by atoms with Crippen molar-refractivity contribution in [2.75, 3.05) is 0 Å². The summed E-state index contributed by atoms with van der Waals surface area (Å²) in [6.45, 7) is 0. The fourth-order valence-corrected chi connectivity index (χ4v) is 0.349. The van der Waals surface area contributed by atoms with Gasteiger partial charge in [-0.2, -0.15) is 6.07 Å². The van der Waals surface area contributed by atoms with E-state index in [4.69, 9.17) is 5.21 Å². The Bertz CT molecular complexity index is 142. The first-order valence-corrected chi connectivity index (χ1v) is 1.96. The van der Waals surface area contributed by atoms with E-state index in [1.165, 1.54) is 12.4 Å². The van der Waals surface area contributed by atoms with Gasteiger partial charge in [0.25, 0.3) is 0 Å². The number of aromatic nitrogens is 1. The van der Waals surface area contributed by atoms with E-state index in [1.807, 2.05) is 0 Å². The minimum atomic E-state index is 0. The van der Waals surface area contributed by atoms with Crippen molar-refractivity contribution in [3.63, 3.8) is 0 Å². The fraction of sp³-hybridized carbons (Fsp3) is 0. The molecule has 0 fully saturated rings. The second-order valence-corrected chi connectivity index (χ2v) is 1.18. The van der Waals surface area contributed by atoms with Crippen molar-refractivity contribution in [3.8, 4) is 0 Å². The van der Waals surface area contributed by atoms with E-state index in [0.29, 0.717) is 0 Å². The van der Waals surface area contributed by atoms with Crippen LogP contribution in [-0.4, -0.2) is 5.21 Å². The van der Waals surface area contributed by atoms with Crippen molar-refractivity contribution in [2.45, 2.75) is 0 Å². The number of rotatable bonds is 0. The molecule has 0 saturated heterocycles. The molecule has 0 aromatic carbocycles. The predicted octanol–water partition coefficient (Wildman–Crippen LogP) is 0.00909. The normalized spacial score (nSPS) is 7.50. The van der Waals surface area contributed by atoms with Crippen molar-refractivity contribution in [3.05, 3.63) is 30.6 Å². The van der Waals surface area contributed by atoms with Crippen LogP contribution in [0.5, 0.6) is 0 Å². The number of nitrogens with zero attached hydrogens (tertiary/aromatic N) is 1. The van der Waals surface area contributed by atoms with Crippen LogP contribution >= 0.6 is 0 Å². The van der Waals surface area contributed by atoms with E-state index < -0.39 is 0 Å². The molecular formula is C5H5NOW. The van der Waals surface area contributed by atoms with Gasteiger partial charge in [-0.1, -0.05) is 0 Å². The smallest absolute Gasteiger partial charge is 0.143 e. The summed E-state index contributed by atoms with van der Waals surface area (Å²) in [5.41, 5.74) is 0. The van der Waals surface area contributed by atoms with Crippen molar-refractivity contribution >= 4 is 0 Å². The zero-order chi connectivity index (χ0) is 5.11. The first-order valence-electron chi connectivity index (χ1n) is 1.96. The van der Waals surface area contributed by atoms with E-state index in [2.05, 4.69) is 6.07 Å². The average molecular weight is 279 g/mol. The van der Waals surface area contributed by atoms with Crippen molar-refractivity contribution in [1.82, 2.24) is 0 Å². The van der Waals surface area contributed by atoms with Crippen LogP contribution in [0.4, 0.5) is 0 Å². The first kappa shape index (κ1) is 7.64. The molecule has 1 rings (SSSR count). The van der Waals surface area contributed by atoms with Crippen LogP contribution in [0, 0.1) is 6.07 Å². The van der Waals surface area contributed by atoms with Gasteiger partial charge in [0, 0.05) is 21.1 Å². The molecule has 0 saturated carbocycles. The molecule has 8 heavy (non-hydrogen) atoms. The third-order valence-electron chi connectivity index (χ3n) is 0.638. The molecule has 42 valence electrons. The van der Waals surface area contributed by atoms with Gasteiger partial charge < -0.3 is 0 Å². The van der Waals surface area contributed by atoms with Crippen molar-refractivity contribution in [1.29, 1.82) is 0 Å². The Morgan fingerprint density at radius 1 is 1.50 bits per heavy atom. The summed E-state index contributed by atoms with van der Waals surface area (Å²) in [7, 11) is 0. The minimum absolute atomic E-state index is 0. The summed E-state index contributed by atoms with van der Waals surface area (Å²) < 4.78 is 0.944. The maximum atomic E-state index is 8.52. The van der Waals surface area contributed by atoms with Gasteiger partial charge in [-0.05, 0) is 4.73 Å². The summed E-state index contributed by atoms with van der Waals surface area (Å²) in [6.07, 6.45) is 2.95. The number of pyridine rings is 1. The molecule has 0 aliphatic rings. The summed E-state index contributed by atoms with van der Waals surface area (Å²) in [5.74, 6) is 0. The molecule has 0 spiro atoms. The van der Waals surface area contributed by atoms with Gasteiger partial charge in [0.2, 0.25) is 0 Å². The van der Waals surface area contributed by atoms with Crippen LogP contribution in [0.2, 0.25) is 0 Å². The zero-order valence-electron chi connectivity index (χ0n) is 4.11. The largest absolute Gasteiger partial charge is 0.288 e. The maximum absolute atomic E-state index is 8.52. The molecule has 0 aliphatic carbocycles. The quantitative estimate of drug-likeness (QED) is 0.404. The van der Waals surface area contributed by atoms with E-state index in [9.17, 15) is 0 Å². The Hall–Kier alpha value is -0.362. The maximum Gasteiger partial charge on any atom is 0.143 e. The van der Waals surface area contributed by atoms with Gasteiger partial charge >= 0.3 is 0 Å². The number of hydrogen-bond acceptors (Lipinski definition) is 1. The molecule has 0 atom stereocenters. The summed E-state index contributed by atoms with van der Waals surface area (Å²) >= 11 is 0. The second-order valence-electron chi connectivity index (χ2n) is 1.18. The fourth-order valence-electron chi connectivity index (χ4n) is 0.349. The van der Waals surface area contributed by atoms with E-state index in [1.54, 1.807) is 12.1 Å². The first-order chi connectivity index (χ1) is 3.39. The summed E-state index contributed by atoms with van der Waals surface area (Å²) in [5, 5.41) is 8.52. The third-order valence-corrected chi connectivity index (χ3v) is 0.638. The monoisotopic (exact) mass is 279 g/mol. The third kappa shape index (κ3) is 2.08. The molecule has 0 aliphatic heterocycles. The second kappa shape index (κ2) is 3.62. The molecule has 1 aromatic heterocycles. The molecule has 0 unspecified atom stereocenters. The molecule has 0 bridgehead atoms. The van der Waals surface area contributed by atoms with Gasteiger partial charge in [0.05, 0.1) is 0 Å². The molecule has 2 nitrogen and oxygen atoms in total. The van der Waals surface area contributed by atoms with Crippen LogP contribution in [0.15, 0.2) is 24.5 Å². The van der Waals surface area contributed by atoms with Crippen molar-refractivity contribution in [2.24, 2.45) is 0 Å². The zero-order valence-corrected chi connectivity index (χ0v) is 7.05. The average Bonchev–Trinajstić information content (AvgIpc) is 1.69. The molecule has 0 amide bonds. The van der Waals surface area contributed by atoms with E-state index >= 15 is 0 Å². The number of hydrogen-bond donors (Lipinski definition) is 1. The van der Waals surface area contributed by atoms with Crippen LogP contribution in [-0.2, 0) is 21.1 Å². The van der Waals surface area contributed by atoms with Crippen molar-refractivity contribution < 1.29 is 31.0 Å². The molecule has 1 N–H and O–H groups in total. The Morgan fingerprint density at radius 2 is 2.25 bits per heavy atom. The van der Waals surface area contributed by atoms with Gasteiger partial charge in [-0.15, -0.1) is 6.07 Å². The predicted molar refractivity (Wildman–Crippen MR) is 22.7 cm³/mol. The van der Waals surface area contributed by atoms with Crippen LogP contribution < -0.4 is 4.73 Å². The Labute approximate surface area is 62.0 Å². The van der Waals surface area contributed by atoms with Gasteiger partial charge in [0.1, 0.15) is 12.4 Å². The van der Waals surface area contributed by atoms with Gasteiger partial charge in [-0.3, -0.25) is 5.21 Å². The van der Waals surface area contributed by atoms with Crippen LogP contribution in [0.25, 0.3) is 0 Å². The van der Waals surface area contributed by atoms with Gasteiger partial charge in [-0.25, -0.2) is 6.07 Å². The van der Waals surface area contributed by atoms with E-state index in [-0.39, 0.29) is 21.1 Å². The SMILES string of the molecule is O[n+]1c[c-]ccc1.[W]. The molecule has 1 heterocycles. The summed E-state index contributed by atoms with van der Waals surface area (Å²) in [6, 6.07) is 6.08. The van der Waals surface area contributed by atoms with E-state index in [0.717, 1.165) is 4.73 Å². The topological polar surface area (TPSA) is 24.1 Å². The molecular weight excluding hydrogens is 274 g/mol. The molecule has 3 heteroatoms. The molecule has 0 radical (unpaired) electrons. The van der Waals surface area contributed by atoms with Crippen LogP contribution in [0.1, 0.15) is 0 Å². The summed E-state index contributed by atoms with van der Waals surface area (Å²) in [4.78, 5) is 0. The Kier molecular flexibility index (Phi) is 3.45. The van der Waals surface area contributed by atoms with Gasteiger partial charge in [0.15, 0.2) is 0 Å². The van der Waals surface area contributed by atoms with Crippen LogP contribution in [0.3, 0.4) is 0 Å². The Balaban J connectivity index is 0.000000490.